The molecule has 1 fully saturated rings. The van der Waals surface area contributed by atoms with Gasteiger partial charge in [-0.15, -0.1) is 0 Å². The average molecular weight is 402 g/mol. The number of nitrogens with one attached hydrogen (secondary N) is 1. The van der Waals surface area contributed by atoms with Crippen molar-refractivity contribution < 1.29 is 13.2 Å². The molecule has 0 aliphatic carbocycles. The number of carbonyl (C=O) groups excluding carboxylic acids is 1. The summed E-state index contributed by atoms with van der Waals surface area (Å²) in [7, 11) is 0.692. The summed E-state index contributed by atoms with van der Waals surface area (Å²) < 4.78 is 23.5. The second-order valence-corrected chi connectivity index (χ2v) is 9.61. The molecule has 26 heavy (non-hydrogen) atoms. The second kappa shape index (κ2) is 9.17. The van der Waals surface area contributed by atoms with Gasteiger partial charge in [0.25, 0.3) is 5.91 Å². The molecule has 1 N–H and O–H groups in total. The molecule has 0 bridgehead atoms. The van der Waals surface area contributed by atoms with E-state index in [-0.39, 0.29) is 15.8 Å². The highest BCUT2D eigenvalue weighted by molar-refractivity contribution is 7.90. The van der Waals surface area contributed by atoms with Crippen LogP contribution in [0.1, 0.15) is 23.2 Å². The number of piperidine rings is 1. The third kappa shape index (κ3) is 6.23. The van der Waals surface area contributed by atoms with Gasteiger partial charge in [0.2, 0.25) is 0 Å². The van der Waals surface area contributed by atoms with Crippen molar-refractivity contribution in [2.75, 3.05) is 53.1 Å². The maximum atomic E-state index is 12.4. The molecule has 1 amide bonds. The maximum absolute atomic E-state index is 12.4. The highest BCUT2D eigenvalue weighted by Gasteiger charge is 2.20. The summed E-state index contributed by atoms with van der Waals surface area (Å²) in [5, 5.41) is 3.06. The van der Waals surface area contributed by atoms with E-state index in [0.29, 0.717) is 18.0 Å². The molecule has 6 nitrogen and oxygen atoms in total. The lowest BCUT2D eigenvalue weighted by Crippen LogP contribution is -2.41. The van der Waals surface area contributed by atoms with Crippen molar-refractivity contribution >= 4 is 27.3 Å². The van der Waals surface area contributed by atoms with Crippen LogP contribution in [-0.2, 0) is 9.84 Å². The molecule has 1 aromatic carbocycles. The summed E-state index contributed by atoms with van der Waals surface area (Å²) in [5.74, 6) is 0.192. The van der Waals surface area contributed by atoms with Gasteiger partial charge in [-0.3, -0.25) is 4.79 Å². The van der Waals surface area contributed by atoms with Crippen molar-refractivity contribution in [1.82, 2.24) is 15.1 Å². The van der Waals surface area contributed by atoms with Crippen molar-refractivity contribution in [3.8, 4) is 0 Å². The molecule has 2 rings (SSSR count). The molecule has 1 aromatic rings. The van der Waals surface area contributed by atoms with Crippen molar-refractivity contribution in [3.63, 3.8) is 0 Å². The maximum Gasteiger partial charge on any atom is 0.251 e. The number of halogens is 1. The highest BCUT2D eigenvalue weighted by Crippen LogP contribution is 2.23. The predicted octanol–water partition coefficient (Wildman–Crippen LogP) is 1.75. The summed E-state index contributed by atoms with van der Waals surface area (Å²) in [6.45, 7) is 4.84. The minimum atomic E-state index is -3.46. The SMILES string of the molecule is CN(C)CCN1CCC(CNC(=O)c2ccc(Cl)c(S(C)(=O)=O)c2)CC1. The zero-order valence-electron chi connectivity index (χ0n) is 15.7. The molecule has 1 aliphatic rings. The molecule has 1 heterocycles. The molecule has 0 atom stereocenters. The molecule has 0 saturated carbocycles. The van der Waals surface area contributed by atoms with Crippen LogP contribution in [0.15, 0.2) is 23.1 Å². The van der Waals surface area contributed by atoms with Crippen LogP contribution in [0.4, 0.5) is 0 Å². The van der Waals surface area contributed by atoms with Gasteiger partial charge in [-0.2, -0.15) is 0 Å². The van der Waals surface area contributed by atoms with Crippen molar-refractivity contribution in [3.05, 3.63) is 28.8 Å². The number of benzene rings is 1. The fourth-order valence-corrected chi connectivity index (χ4v) is 4.32. The standard InChI is InChI=1S/C18H28ClN3O3S/c1-21(2)10-11-22-8-6-14(7-9-22)13-20-18(23)15-4-5-16(19)17(12-15)26(3,24)25/h4-5,12,14H,6-11,13H2,1-3H3,(H,20,23). The van der Waals surface area contributed by atoms with E-state index in [9.17, 15) is 13.2 Å². The molecule has 0 radical (unpaired) electrons. The van der Waals surface area contributed by atoms with Gasteiger partial charge >= 0.3 is 0 Å². The number of sulfone groups is 1. The van der Waals surface area contributed by atoms with Gasteiger partial charge in [0.15, 0.2) is 9.84 Å². The monoisotopic (exact) mass is 401 g/mol. The predicted molar refractivity (Wildman–Crippen MR) is 105 cm³/mol. The molecule has 0 unspecified atom stereocenters. The Balaban J connectivity index is 1.85. The minimum absolute atomic E-state index is 0.0129. The number of carbonyl (C=O) groups is 1. The van der Waals surface area contributed by atoms with Crippen molar-refractivity contribution in [1.29, 1.82) is 0 Å². The van der Waals surface area contributed by atoms with Crippen LogP contribution in [0.25, 0.3) is 0 Å². The first-order chi connectivity index (χ1) is 12.2. The molecule has 1 saturated heterocycles. The van der Waals surface area contributed by atoms with Gasteiger partial charge in [0.1, 0.15) is 0 Å². The highest BCUT2D eigenvalue weighted by atomic mass is 35.5. The number of hydrogen-bond donors (Lipinski definition) is 1. The minimum Gasteiger partial charge on any atom is -0.352 e. The summed E-state index contributed by atoms with van der Waals surface area (Å²) in [5.41, 5.74) is 0.318. The Kier molecular flexibility index (Phi) is 7.46. The molecule has 1 aliphatic heterocycles. The van der Waals surface area contributed by atoms with E-state index in [1.807, 2.05) is 0 Å². The van der Waals surface area contributed by atoms with Crippen LogP contribution < -0.4 is 5.32 Å². The summed E-state index contributed by atoms with van der Waals surface area (Å²) in [6.07, 6.45) is 3.20. The van der Waals surface area contributed by atoms with Crippen LogP contribution in [0.2, 0.25) is 5.02 Å². The van der Waals surface area contributed by atoms with E-state index in [1.54, 1.807) is 6.07 Å². The third-order valence-electron chi connectivity index (χ3n) is 4.71. The molecule has 8 heteroatoms. The molecule has 146 valence electrons. The van der Waals surface area contributed by atoms with E-state index in [1.165, 1.54) is 12.1 Å². The summed E-state index contributed by atoms with van der Waals surface area (Å²) in [4.78, 5) is 17.0. The smallest absolute Gasteiger partial charge is 0.251 e. The van der Waals surface area contributed by atoms with Crippen LogP contribution in [-0.4, -0.2) is 77.2 Å². The number of amides is 1. The Morgan fingerprint density at radius 2 is 1.96 bits per heavy atom. The Morgan fingerprint density at radius 3 is 2.54 bits per heavy atom. The van der Waals surface area contributed by atoms with E-state index < -0.39 is 9.84 Å². The Bertz CT molecular complexity index is 729. The molecule has 0 spiro atoms. The van der Waals surface area contributed by atoms with Gasteiger partial charge in [0, 0.05) is 31.5 Å². The zero-order valence-corrected chi connectivity index (χ0v) is 17.2. The van der Waals surface area contributed by atoms with Crippen LogP contribution >= 0.6 is 11.6 Å². The van der Waals surface area contributed by atoms with Crippen molar-refractivity contribution in [2.24, 2.45) is 5.92 Å². The Hall–Kier alpha value is -1.15. The van der Waals surface area contributed by atoms with Gasteiger partial charge in [-0.05, 0) is 64.1 Å². The average Bonchev–Trinajstić information content (AvgIpc) is 2.58. The fourth-order valence-electron chi connectivity index (χ4n) is 3.02. The lowest BCUT2D eigenvalue weighted by Gasteiger charge is -2.32. The molecular weight excluding hydrogens is 374 g/mol. The van der Waals surface area contributed by atoms with Crippen LogP contribution in [0, 0.1) is 5.92 Å². The number of nitrogens with zero attached hydrogens (tertiary/aromatic N) is 2. The first-order valence-corrected chi connectivity index (χ1v) is 11.1. The number of likely N-dealkylation sites (tertiary alicyclic amines) is 1. The summed E-state index contributed by atoms with van der Waals surface area (Å²) >= 11 is 5.92. The normalized spacial score (nSPS) is 16.8. The first-order valence-electron chi connectivity index (χ1n) is 8.81. The lowest BCUT2D eigenvalue weighted by molar-refractivity contribution is 0.0935. The fraction of sp³-hybridized carbons (Fsp3) is 0.611. The Labute approximate surface area is 161 Å². The lowest BCUT2D eigenvalue weighted by atomic mass is 9.96. The van der Waals surface area contributed by atoms with E-state index in [0.717, 1.165) is 45.3 Å². The molecule has 0 aromatic heterocycles. The van der Waals surface area contributed by atoms with E-state index >= 15 is 0 Å². The quantitative estimate of drug-likeness (QED) is 0.753. The zero-order chi connectivity index (χ0) is 19.3. The van der Waals surface area contributed by atoms with E-state index in [2.05, 4.69) is 29.2 Å². The van der Waals surface area contributed by atoms with Gasteiger partial charge < -0.3 is 15.1 Å². The van der Waals surface area contributed by atoms with Gasteiger partial charge in [-0.1, -0.05) is 11.6 Å². The number of likely N-dealkylation sites (N-methyl/N-ethyl adjacent to an activating group) is 1. The summed E-state index contributed by atoms with van der Waals surface area (Å²) in [6, 6.07) is 4.35. The second-order valence-electron chi connectivity index (χ2n) is 7.22. The van der Waals surface area contributed by atoms with Gasteiger partial charge in [-0.25, -0.2) is 8.42 Å². The molecular formula is C18H28ClN3O3S. The van der Waals surface area contributed by atoms with Crippen LogP contribution in [0.5, 0.6) is 0 Å². The first kappa shape index (κ1) is 21.2. The topological polar surface area (TPSA) is 69.7 Å². The van der Waals surface area contributed by atoms with Crippen LogP contribution in [0.3, 0.4) is 0 Å². The Morgan fingerprint density at radius 1 is 1.31 bits per heavy atom. The largest absolute Gasteiger partial charge is 0.352 e. The number of rotatable bonds is 7. The van der Waals surface area contributed by atoms with Gasteiger partial charge in [0.05, 0.1) is 9.92 Å². The third-order valence-corrected chi connectivity index (χ3v) is 6.29. The number of hydrogen-bond acceptors (Lipinski definition) is 5. The van der Waals surface area contributed by atoms with E-state index in [4.69, 9.17) is 11.6 Å². The van der Waals surface area contributed by atoms with Crippen molar-refractivity contribution in [2.45, 2.75) is 17.7 Å².